The standard InChI is InChI=1S/C23H34NSi.Ir/c1-22(2,3)15-18-14-20(24-16-21(18)25(7,8)9)17-10-12-19(13-11-17)23(4,5)6;/h10,12-14,16H,15H2,1-9H3;/q-1;. The molecule has 0 fully saturated rings. The van der Waals surface area contributed by atoms with Crippen LogP contribution in [0.5, 0.6) is 0 Å². The second-order valence-corrected chi connectivity index (χ2v) is 15.5. The third-order valence-electron chi connectivity index (χ3n) is 4.47. The minimum absolute atomic E-state index is 0. The van der Waals surface area contributed by atoms with Gasteiger partial charge in [0.2, 0.25) is 0 Å². The van der Waals surface area contributed by atoms with Gasteiger partial charge in [-0.25, -0.2) is 0 Å². The molecule has 0 saturated heterocycles. The molecule has 2 rings (SSSR count). The van der Waals surface area contributed by atoms with E-state index in [-0.39, 0.29) is 30.9 Å². The second-order valence-electron chi connectivity index (χ2n) is 10.5. The average molecular weight is 545 g/mol. The molecule has 0 aliphatic heterocycles. The molecule has 1 nitrogen and oxygen atoms in total. The quantitative estimate of drug-likeness (QED) is 0.342. The van der Waals surface area contributed by atoms with Crippen molar-refractivity contribution in [3.63, 3.8) is 0 Å². The van der Waals surface area contributed by atoms with Gasteiger partial charge >= 0.3 is 0 Å². The number of aromatic nitrogens is 1. The molecule has 0 aliphatic carbocycles. The molecule has 0 bridgehead atoms. The normalized spacial score (nSPS) is 12.7. The summed E-state index contributed by atoms with van der Waals surface area (Å²) in [5, 5.41) is 1.48. The van der Waals surface area contributed by atoms with Gasteiger partial charge in [-0.15, -0.1) is 35.4 Å². The van der Waals surface area contributed by atoms with Crippen LogP contribution in [0.2, 0.25) is 19.6 Å². The van der Waals surface area contributed by atoms with Crippen molar-refractivity contribution >= 4 is 13.3 Å². The maximum Gasteiger partial charge on any atom is 0.0798 e. The second kappa shape index (κ2) is 8.08. The van der Waals surface area contributed by atoms with E-state index in [0.29, 0.717) is 0 Å². The van der Waals surface area contributed by atoms with Gasteiger partial charge in [-0.3, -0.25) is 0 Å². The number of pyridine rings is 1. The Morgan fingerprint density at radius 2 is 1.62 bits per heavy atom. The maximum absolute atomic E-state index is 4.80. The summed E-state index contributed by atoms with van der Waals surface area (Å²) in [6.45, 7) is 20.8. The molecule has 0 unspecified atom stereocenters. The maximum atomic E-state index is 4.80. The Morgan fingerprint density at radius 3 is 2.04 bits per heavy atom. The fraction of sp³-hybridized carbons (Fsp3) is 0.522. The van der Waals surface area contributed by atoms with E-state index in [1.54, 1.807) is 0 Å². The first-order chi connectivity index (χ1) is 11.3. The molecule has 1 aromatic carbocycles. The zero-order valence-electron chi connectivity index (χ0n) is 17.9. The van der Waals surface area contributed by atoms with Gasteiger partial charge in [0.25, 0.3) is 0 Å². The molecule has 0 saturated carbocycles. The van der Waals surface area contributed by atoms with Gasteiger partial charge in [0.1, 0.15) is 0 Å². The summed E-state index contributed by atoms with van der Waals surface area (Å²) < 4.78 is 0. The van der Waals surface area contributed by atoms with Crippen LogP contribution in [0.4, 0.5) is 0 Å². The molecule has 26 heavy (non-hydrogen) atoms. The average Bonchev–Trinajstić information content (AvgIpc) is 2.43. The van der Waals surface area contributed by atoms with Crippen LogP contribution in [0.1, 0.15) is 52.7 Å². The van der Waals surface area contributed by atoms with Crippen molar-refractivity contribution in [2.45, 2.75) is 73.0 Å². The van der Waals surface area contributed by atoms with E-state index in [0.717, 1.165) is 17.7 Å². The zero-order valence-corrected chi connectivity index (χ0v) is 21.3. The molecule has 145 valence electrons. The van der Waals surface area contributed by atoms with Gasteiger partial charge < -0.3 is 4.98 Å². The molecule has 2 aromatic rings. The van der Waals surface area contributed by atoms with E-state index in [4.69, 9.17) is 4.98 Å². The van der Waals surface area contributed by atoms with E-state index < -0.39 is 8.07 Å². The van der Waals surface area contributed by atoms with Crippen LogP contribution in [0.15, 0.2) is 30.5 Å². The first-order valence-corrected chi connectivity index (χ1v) is 12.8. The topological polar surface area (TPSA) is 12.9 Å². The Balaban J connectivity index is 0.00000338. The van der Waals surface area contributed by atoms with Gasteiger partial charge in [-0.1, -0.05) is 72.8 Å². The summed E-state index contributed by atoms with van der Waals surface area (Å²) >= 11 is 0. The first kappa shape index (κ1) is 23.3. The molecular weight excluding hydrogens is 511 g/mol. The molecule has 0 atom stereocenters. The summed E-state index contributed by atoms with van der Waals surface area (Å²) in [5.74, 6) is 0. The van der Waals surface area contributed by atoms with Crippen LogP contribution in [0, 0.1) is 11.5 Å². The Kier molecular flexibility index (Phi) is 7.24. The molecular formula is C23H34IrNSi-. The van der Waals surface area contributed by atoms with Crippen LogP contribution in [0.3, 0.4) is 0 Å². The van der Waals surface area contributed by atoms with Gasteiger partial charge in [-0.05, 0) is 28.1 Å². The molecule has 1 radical (unpaired) electrons. The van der Waals surface area contributed by atoms with Crippen molar-refractivity contribution in [3.05, 3.63) is 47.7 Å². The number of hydrogen-bond acceptors (Lipinski definition) is 1. The Labute approximate surface area is 175 Å². The summed E-state index contributed by atoms with van der Waals surface area (Å²) in [6.07, 6.45) is 3.22. The summed E-state index contributed by atoms with van der Waals surface area (Å²) in [5.41, 5.74) is 5.33. The van der Waals surface area contributed by atoms with Gasteiger partial charge in [0.05, 0.1) is 8.07 Å². The molecule has 0 spiro atoms. The Bertz CT molecular complexity index is 729. The van der Waals surface area contributed by atoms with Crippen molar-refractivity contribution in [1.82, 2.24) is 4.98 Å². The minimum Gasteiger partial charge on any atom is -0.305 e. The minimum atomic E-state index is -1.41. The SMILES string of the molecule is CC(C)(C)Cc1cc(-c2[c-]cc(C(C)(C)C)cc2)ncc1[Si](C)(C)C.[Ir]. The predicted molar refractivity (Wildman–Crippen MR) is 113 cm³/mol. The molecule has 1 aromatic heterocycles. The summed E-state index contributed by atoms with van der Waals surface area (Å²) in [4.78, 5) is 4.80. The third kappa shape index (κ3) is 6.15. The third-order valence-corrected chi connectivity index (χ3v) is 6.54. The molecule has 0 aliphatic rings. The summed E-state index contributed by atoms with van der Waals surface area (Å²) in [7, 11) is -1.41. The zero-order chi connectivity index (χ0) is 19.0. The van der Waals surface area contributed by atoms with Gasteiger partial charge in [-0.2, -0.15) is 0 Å². The number of rotatable bonds is 3. The van der Waals surface area contributed by atoms with Crippen molar-refractivity contribution < 1.29 is 20.1 Å². The number of hydrogen-bond donors (Lipinski definition) is 0. The molecule has 0 amide bonds. The first-order valence-electron chi connectivity index (χ1n) is 9.29. The van der Waals surface area contributed by atoms with Crippen molar-refractivity contribution in [1.29, 1.82) is 0 Å². The van der Waals surface area contributed by atoms with Crippen molar-refractivity contribution in [2.24, 2.45) is 5.41 Å². The van der Waals surface area contributed by atoms with Crippen LogP contribution in [-0.2, 0) is 31.9 Å². The number of benzene rings is 1. The molecule has 1 heterocycles. The fourth-order valence-electron chi connectivity index (χ4n) is 3.09. The van der Waals surface area contributed by atoms with E-state index >= 15 is 0 Å². The van der Waals surface area contributed by atoms with Crippen LogP contribution < -0.4 is 5.19 Å². The summed E-state index contributed by atoms with van der Waals surface area (Å²) in [6, 6.07) is 12.3. The van der Waals surface area contributed by atoms with E-state index in [1.807, 2.05) is 0 Å². The van der Waals surface area contributed by atoms with Crippen LogP contribution in [0.25, 0.3) is 11.3 Å². The predicted octanol–water partition coefficient (Wildman–Crippen LogP) is 5.98. The van der Waals surface area contributed by atoms with Gasteiger partial charge in [0, 0.05) is 26.3 Å². The number of nitrogens with zero attached hydrogens (tertiary/aromatic N) is 1. The van der Waals surface area contributed by atoms with E-state index in [9.17, 15) is 0 Å². The largest absolute Gasteiger partial charge is 0.305 e. The van der Waals surface area contributed by atoms with Crippen molar-refractivity contribution in [3.8, 4) is 11.3 Å². The molecule has 3 heteroatoms. The molecule has 0 N–H and O–H groups in total. The van der Waals surface area contributed by atoms with E-state index in [2.05, 4.69) is 97.7 Å². The fourth-order valence-corrected chi connectivity index (χ4v) is 4.66. The smallest absolute Gasteiger partial charge is 0.0798 e. The van der Waals surface area contributed by atoms with Gasteiger partial charge in [0.15, 0.2) is 0 Å². The Morgan fingerprint density at radius 1 is 1.00 bits per heavy atom. The Hall–Kier alpha value is -0.764. The van der Waals surface area contributed by atoms with E-state index in [1.165, 1.54) is 16.3 Å². The monoisotopic (exact) mass is 545 g/mol. The van der Waals surface area contributed by atoms with Crippen LogP contribution >= 0.6 is 0 Å². The van der Waals surface area contributed by atoms with Crippen molar-refractivity contribution in [2.75, 3.05) is 0 Å². The van der Waals surface area contributed by atoms with Crippen LogP contribution in [-0.4, -0.2) is 13.1 Å².